The molecule has 2 heterocycles. The number of hydrogen-bond donors (Lipinski definition) is 2. The Morgan fingerprint density at radius 2 is 2.29 bits per heavy atom. The van der Waals surface area contributed by atoms with E-state index in [2.05, 4.69) is 25.6 Å². The molecule has 110 valence electrons. The van der Waals surface area contributed by atoms with Crippen molar-refractivity contribution in [3.8, 4) is 0 Å². The minimum atomic E-state index is -0.199. The molecule has 0 spiro atoms. The second kappa shape index (κ2) is 6.13. The largest absolute Gasteiger partial charge is 0.368 e. The minimum absolute atomic E-state index is 0.0826. The first kappa shape index (κ1) is 13.9. The molecule has 6 nitrogen and oxygen atoms in total. The minimum Gasteiger partial charge on any atom is -0.368 e. The van der Waals surface area contributed by atoms with Crippen LogP contribution >= 0.6 is 11.6 Å². The van der Waals surface area contributed by atoms with Crippen molar-refractivity contribution in [1.29, 1.82) is 0 Å². The van der Waals surface area contributed by atoms with Gasteiger partial charge in [0, 0.05) is 19.1 Å². The zero-order valence-corrected chi connectivity index (χ0v) is 12.2. The highest BCUT2D eigenvalue weighted by atomic mass is 35.5. The maximum absolute atomic E-state index is 12.0. The van der Waals surface area contributed by atoms with Gasteiger partial charge in [0.2, 0.25) is 0 Å². The molecule has 1 fully saturated rings. The van der Waals surface area contributed by atoms with E-state index < -0.39 is 0 Å². The number of aromatic amines is 1. The van der Waals surface area contributed by atoms with E-state index >= 15 is 0 Å². The number of benzene rings is 1. The normalized spacial score (nSPS) is 18.5. The highest BCUT2D eigenvalue weighted by molar-refractivity contribution is 6.33. The Labute approximate surface area is 127 Å². The predicted molar refractivity (Wildman–Crippen MR) is 80.5 cm³/mol. The van der Waals surface area contributed by atoms with Gasteiger partial charge in [-0.3, -0.25) is 4.79 Å². The molecule has 1 saturated heterocycles. The molecule has 1 aromatic carbocycles. The van der Waals surface area contributed by atoms with Crippen molar-refractivity contribution >= 4 is 23.2 Å². The van der Waals surface area contributed by atoms with Crippen LogP contribution in [0, 0.1) is 0 Å². The predicted octanol–water partition coefficient (Wildman–Crippen LogP) is 1.86. The average molecular weight is 306 g/mol. The van der Waals surface area contributed by atoms with Crippen LogP contribution in [-0.4, -0.2) is 40.4 Å². The van der Waals surface area contributed by atoms with Crippen molar-refractivity contribution in [3.63, 3.8) is 0 Å². The van der Waals surface area contributed by atoms with Crippen LogP contribution in [0.1, 0.15) is 23.3 Å². The van der Waals surface area contributed by atoms with Crippen LogP contribution in [0.15, 0.2) is 30.5 Å². The molecule has 7 heteroatoms. The third-order valence-electron chi connectivity index (χ3n) is 3.60. The van der Waals surface area contributed by atoms with E-state index in [1.165, 1.54) is 6.20 Å². The van der Waals surface area contributed by atoms with Gasteiger partial charge in [-0.1, -0.05) is 23.7 Å². The Morgan fingerprint density at radius 3 is 3.05 bits per heavy atom. The lowest BCUT2D eigenvalue weighted by Gasteiger charge is -2.35. The fraction of sp³-hybridized carbons (Fsp3) is 0.357. The van der Waals surface area contributed by atoms with Crippen molar-refractivity contribution < 1.29 is 4.79 Å². The van der Waals surface area contributed by atoms with E-state index in [9.17, 15) is 4.79 Å². The number of rotatable bonds is 3. The van der Waals surface area contributed by atoms with Gasteiger partial charge in [0.15, 0.2) is 5.69 Å². The average Bonchev–Trinajstić information content (AvgIpc) is 3.02. The molecule has 1 aliphatic rings. The first-order valence-electron chi connectivity index (χ1n) is 6.90. The number of anilines is 1. The number of nitrogens with one attached hydrogen (secondary N) is 2. The number of H-pyrrole nitrogens is 1. The monoisotopic (exact) mass is 305 g/mol. The number of hydrogen-bond acceptors (Lipinski definition) is 4. The van der Waals surface area contributed by atoms with E-state index in [4.69, 9.17) is 11.6 Å². The molecule has 1 aliphatic heterocycles. The first-order chi connectivity index (χ1) is 10.2. The van der Waals surface area contributed by atoms with Crippen LogP contribution in [0.5, 0.6) is 0 Å². The lowest BCUT2D eigenvalue weighted by Crippen LogP contribution is -2.48. The van der Waals surface area contributed by atoms with E-state index in [-0.39, 0.29) is 11.9 Å². The van der Waals surface area contributed by atoms with E-state index in [1.54, 1.807) is 0 Å². The SMILES string of the molecule is O=C(N[C@H]1CCCN(c2ccccc2Cl)C1)c1cn[nH]n1. The third kappa shape index (κ3) is 3.16. The van der Waals surface area contributed by atoms with Crippen LogP contribution in [-0.2, 0) is 0 Å². The summed E-state index contributed by atoms with van der Waals surface area (Å²) in [4.78, 5) is 14.2. The van der Waals surface area contributed by atoms with Crippen LogP contribution in [0.2, 0.25) is 5.02 Å². The first-order valence-corrected chi connectivity index (χ1v) is 7.28. The molecule has 21 heavy (non-hydrogen) atoms. The van der Waals surface area contributed by atoms with Gasteiger partial charge >= 0.3 is 0 Å². The zero-order valence-electron chi connectivity index (χ0n) is 11.4. The van der Waals surface area contributed by atoms with Crippen molar-refractivity contribution in [2.45, 2.75) is 18.9 Å². The fourth-order valence-corrected chi connectivity index (χ4v) is 2.85. The van der Waals surface area contributed by atoms with Gasteiger partial charge in [-0.05, 0) is 25.0 Å². The number of para-hydroxylation sites is 1. The van der Waals surface area contributed by atoms with Crippen LogP contribution in [0.3, 0.4) is 0 Å². The molecule has 0 bridgehead atoms. The van der Waals surface area contributed by atoms with E-state index in [0.29, 0.717) is 5.69 Å². The molecule has 1 aromatic heterocycles. The Morgan fingerprint density at radius 1 is 1.43 bits per heavy atom. The number of nitrogens with zero attached hydrogens (tertiary/aromatic N) is 3. The molecule has 0 aliphatic carbocycles. The number of aromatic nitrogens is 3. The van der Waals surface area contributed by atoms with Crippen molar-refractivity contribution in [3.05, 3.63) is 41.2 Å². The lowest BCUT2D eigenvalue weighted by atomic mass is 10.0. The maximum Gasteiger partial charge on any atom is 0.273 e. The highest BCUT2D eigenvalue weighted by Gasteiger charge is 2.23. The molecule has 0 unspecified atom stereocenters. The van der Waals surface area contributed by atoms with Crippen molar-refractivity contribution in [2.75, 3.05) is 18.0 Å². The molecule has 3 rings (SSSR count). The Hall–Kier alpha value is -2.08. The molecule has 1 atom stereocenters. The van der Waals surface area contributed by atoms with Gasteiger partial charge < -0.3 is 10.2 Å². The summed E-state index contributed by atoms with van der Waals surface area (Å²) in [5, 5.41) is 13.6. The summed E-state index contributed by atoms with van der Waals surface area (Å²) >= 11 is 6.24. The summed E-state index contributed by atoms with van der Waals surface area (Å²) in [6.45, 7) is 1.69. The number of carbonyl (C=O) groups is 1. The Balaban J connectivity index is 1.66. The van der Waals surface area contributed by atoms with Crippen molar-refractivity contribution in [1.82, 2.24) is 20.7 Å². The summed E-state index contributed by atoms with van der Waals surface area (Å²) < 4.78 is 0. The van der Waals surface area contributed by atoms with E-state index in [0.717, 1.165) is 36.6 Å². The Kier molecular flexibility index (Phi) is 4.06. The molecule has 1 amide bonds. The number of piperidine rings is 1. The molecular weight excluding hydrogens is 290 g/mol. The van der Waals surface area contributed by atoms with Crippen LogP contribution < -0.4 is 10.2 Å². The molecule has 2 N–H and O–H groups in total. The van der Waals surface area contributed by atoms with Crippen LogP contribution in [0.4, 0.5) is 5.69 Å². The highest BCUT2D eigenvalue weighted by Crippen LogP contribution is 2.27. The van der Waals surface area contributed by atoms with Crippen LogP contribution in [0.25, 0.3) is 0 Å². The van der Waals surface area contributed by atoms with Gasteiger partial charge in [0.1, 0.15) is 0 Å². The quantitative estimate of drug-likeness (QED) is 0.907. The second-order valence-electron chi connectivity index (χ2n) is 5.07. The van der Waals surface area contributed by atoms with Gasteiger partial charge in [-0.2, -0.15) is 15.4 Å². The number of halogens is 1. The molecule has 0 saturated carbocycles. The smallest absolute Gasteiger partial charge is 0.273 e. The van der Waals surface area contributed by atoms with E-state index in [1.807, 2.05) is 24.3 Å². The summed E-state index contributed by atoms with van der Waals surface area (Å²) in [5.74, 6) is -0.199. The lowest BCUT2D eigenvalue weighted by molar-refractivity contribution is 0.0928. The standard InChI is InChI=1S/C14H16ClN5O/c15-11-5-1-2-6-13(11)20-7-3-4-10(9-20)17-14(21)12-8-16-19-18-12/h1-2,5-6,8,10H,3-4,7,9H2,(H,17,21)(H,16,18,19)/t10-/m0/s1. The fourth-order valence-electron chi connectivity index (χ4n) is 2.59. The zero-order chi connectivity index (χ0) is 14.7. The van der Waals surface area contributed by atoms with Gasteiger partial charge in [0.05, 0.1) is 16.9 Å². The summed E-state index contributed by atoms with van der Waals surface area (Å²) in [7, 11) is 0. The summed E-state index contributed by atoms with van der Waals surface area (Å²) in [6.07, 6.45) is 3.38. The van der Waals surface area contributed by atoms with Gasteiger partial charge in [-0.15, -0.1) is 0 Å². The second-order valence-corrected chi connectivity index (χ2v) is 5.47. The third-order valence-corrected chi connectivity index (χ3v) is 3.92. The molecule has 0 radical (unpaired) electrons. The number of carbonyl (C=O) groups excluding carboxylic acids is 1. The number of amides is 1. The molecular formula is C14H16ClN5O. The van der Waals surface area contributed by atoms with Crippen molar-refractivity contribution in [2.24, 2.45) is 0 Å². The topological polar surface area (TPSA) is 73.9 Å². The summed E-state index contributed by atoms with van der Waals surface area (Å²) in [6, 6.07) is 7.86. The summed E-state index contributed by atoms with van der Waals surface area (Å²) in [5.41, 5.74) is 1.32. The maximum atomic E-state index is 12.0. The van der Waals surface area contributed by atoms with Gasteiger partial charge in [-0.25, -0.2) is 0 Å². The Bertz CT molecular complexity index is 616. The van der Waals surface area contributed by atoms with Gasteiger partial charge in [0.25, 0.3) is 5.91 Å². The molecule has 2 aromatic rings.